The van der Waals surface area contributed by atoms with Crippen LogP contribution >= 0.6 is 23.4 Å². The summed E-state index contributed by atoms with van der Waals surface area (Å²) in [6.07, 6.45) is 4.41. The number of benzene rings is 1. The Balaban J connectivity index is 1.62. The molecule has 2 N–H and O–H groups in total. The number of aromatic amines is 1. The Morgan fingerprint density at radius 2 is 2.00 bits per heavy atom. The molecule has 2 aliphatic heterocycles. The summed E-state index contributed by atoms with van der Waals surface area (Å²) in [4.78, 5) is 18.4. The molecule has 0 saturated carbocycles. The molecule has 3 aromatic rings. The second kappa shape index (κ2) is 10.7. The van der Waals surface area contributed by atoms with Gasteiger partial charge >= 0.3 is 0 Å². The van der Waals surface area contributed by atoms with Crippen LogP contribution < -0.4 is 23.7 Å². The van der Waals surface area contributed by atoms with Gasteiger partial charge in [-0.25, -0.2) is 26.0 Å². The highest BCUT2D eigenvalue weighted by Gasteiger charge is 2.32. The van der Waals surface area contributed by atoms with E-state index >= 15 is 0 Å². The number of allylic oxidation sites excluding steroid dienone is 1. The van der Waals surface area contributed by atoms with Gasteiger partial charge in [-0.1, -0.05) is 24.4 Å². The fourth-order valence-corrected chi connectivity index (χ4v) is 6.84. The highest BCUT2D eigenvalue weighted by molar-refractivity contribution is 8.03. The number of carbonyl (C=O) groups is 1. The largest absolute Gasteiger partial charge is 0.748 e. The molecule has 0 radical (unpaired) electrons. The zero-order valence-corrected chi connectivity index (χ0v) is 24.3. The number of halogens is 1. The number of sulfonamides is 1. The van der Waals surface area contributed by atoms with Crippen LogP contribution in [0.2, 0.25) is 5.15 Å². The summed E-state index contributed by atoms with van der Waals surface area (Å²) in [5.74, 6) is 0.313. The minimum absolute atomic E-state index is 0.0679. The Kier molecular flexibility index (Phi) is 7.56. The molecular formula is C23H24ClN5O8S3. The number of thioether (sulfide) groups is 1. The van der Waals surface area contributed by atoms with Gasteiger partial charge in [-0.3, -0.25) is 14.5 Å². The lowest BCUT2D eigenvalue weighted by atomic mass is 10.2. The predicted octanol–water partition coefficient (Wildman–Crippen LogP) is 1.75. The lowest BCUT2D eigenvalue weighted by Crippen LogP contribution is -2.46. The molecule has 1 aromatic carbocycles. The monoisotopic (exact) mass is 629 g/mol. The second-order valence-electron chi connectivity index (χ2n) is 9.02. The molecule has 0 unspecified atom stereocenters. The molecule has 1 amide bonds. The number of nitrogens with one attached hydrogen (secondary N) is 2. The van der Waals surface area contributed by atoms with Gasteiger partial charge in [-0.05, 0) is 18.0 Å². The SMILES string of the molecule is C=CCn1c(C=C2Sc3cc4c(cc3N2CCCS(=O)(=O)[O-])OCO4)[n+](CC(=O)NS(C)(=O)=O)c2[nH]c(Cl)cc21. The summed E-state index contributed by atoms with van der Waals surface area (Å²) in [6, 6.07) is 5.29. The average molecular weight is 630 g/mol. The minimum atomic E-state index is -4.42. The van der Waals surface area contributed by atoms with Gasteiger partial charge in [0.25, 0.3) is 11.6 Å². The van der Waals surface area contributed by atoms with E-state index in [0.717, 1.165) is 16.8 Å². The standard InChI is InChI=1S/C23H24ClN5O8S3/c1-3-5-27-15-9-19(24)25-23(15)29(12-20(30)26-39(2,31)32)21(27)11-22-28(6-4-7-40(33,34)35)14-8-16-17(37-13-36-16)10-18(14)38-22/h3,8-11,25H,1,4-7,12-13H2,2H3,(H-,26,30,33,34,35). The fraction of sp³-hybridized carbons (Fsp3) is 0.304. The number of anilines is 1. The molecule has 17 heteroatoms. The molecule has 0 bridgehead atoms. The lowest BCUT2D eigenvalue weighted by Gasteiger charge is -2.21. The molecule has 0 fully saturated rings. The first-order chi connectivity index (χ1) is 18.8. The maximum absolute atomic E-state index is 12.7. The molecule has 13 nitrogen and oxygen atoms in total. The van der Waals surface area contributed by atoms with Crippen LogP contribution in [0.1, 0.15) is 12.2 Å². The molecule has 0 aliphatic carbocycles. The van der Waals surface area contributed by atoms with E-state index in [9.17, 15) is 26.2 Å². The number of carbonyl (C=O) groups excluding carboxylic acids is 1. The molecule has 40 heavy (non-hydrogen) atoms. The Bertz CT molecular complexity index is 1780. The van der Waals surface area contributed by atoms with E-state index in [1.165, 1.54) is 11.8 Å². The van der Waals surface area contributed by atoms with Gasteiger partial charge in [0, 0.05) is 41.5 Å². The molecular weight excluding hydrogens is 606 g/mol. The molecule has 4 heterocycles. The van der Waals surface area contributed by atoms with E-state index in [0.29, 0.717) is 45.2 Å². The number of fused-ring (bicyclic) bond motifs is 3. The normalized spacial score (nSPS) is 15.7. The third kappa shape index (κ3) is 5.95. The van der Waals surface area contributed by atoms with Crippen LogP contribution in [0.3, 0.4) is 0 Å². The first kappa shape index (κ1) is 28.4. The maximum atomic E-state index is 12.7. The van der Waals surface area contributed by atoms with Gasteiger partial charge in [0.2, 0.25) is 22.6 Å². The van der Waals surface area contributed by atoms with Crippen molar-refractivity contribution in [3.05, 3.63) is 46.9 Å². The number of nitrogens with zero attached hydrogens (tertiary/aromatic N) is 3. The Morgan fingerprint density at radius 1 is 1.27 bits per heavy atom. The minimum Gasteiger partial charge on any atom is -0.748 e. The molecule has 0 saturated heterocycles. The zero-order chi connectivity index (χ0) is 28.8. The van der Waals surface area contributed by atoms with Crippen molar-refractivity contribution in [3.63, 3.8) is 0 Å². The van der Waals surface area contributed by atoms with Crippen molar-refractivity contribution in [1.29, 1.82) is 0 Å². The summed E-state index contributed by atoms with van der Waals surface area (Å²) in [6.45, 7) is 4.08. The van der Waals surface area contributed by atoms with E-state index < -0.39 is 31.8 Å². The van der Waals surface area contributed by atoms with E-state index in [4.69, 9.17) is 21.1 Å². The van der Waals surface area contributed by atoms with Crippen molar-refractivity contribution >= 4 is 72.3 Å². The smallest absolute Gasteiger partial charge is 0.268 e. The van der Waals surface area contributed by atoms with Crippen LogP contribution in [0.5, 0.6) is 11.5 Å². The fourth-order valence-electron chi connectivity index (χ4n) is 4.56. The number of rotatable bonds is 10. The van der Waals surface area contributed by atoms with E-state index in [1.54, 1.807) is 28.9 Å². The first-order valence-electron chi connectivity index (χ1n) is 11.8. The van der Waals surface area contributed by atoms with Crippen molar-refractivity contribution in [1.82, 2.24) is 14.3 Å². The number of amides is 1. The van der Waals surface area contributed by atoms with Gasteiger partial charge in [-0.2, -0.15) is 0 Å². The summed E-state index contributed by atoms with van der Waals surface area (Å²) in [5, 5.41) is 0.979. The summed E-state index contributed by atoms with van der Waals surface area (Å²) in [5.41, 5.74) is 1.86. The Hall–Kier alpha value is -3.18. The number of imidazole rings is 1. The van der Waals surface area contributed by atoms with Crippen molar-refractivity contribution in [2.24, 2.45) is 0 Å². The number of hydrogen-bond donors (Lipinski definition) is 2. The third-order valence-corrected chi connectivity index (χ3v) is 8.71. The average Bonchev–Trinajstić information content (AvgIpc) is 3.57. The molecule has 2 aromatic heterocycles. The van der Waals surface area contributed by atoms with Crippen LogP contribution in [-0.2, 0) is 38.0 Å². The third-order valence-electron chi connectivity index (χ3n) is 6.02. The molecule has 5 rings (SSSR count). The number of ether oxygens (including phenoxy) is 2. The van der Waals surface area contributed by atoms with Crippen molar-refractivity contribution in [3.8, 4) is 11.5 Å². The van der Waals surface area contributed by atoms with E-state index in [2.05, 4.69) is 11.6 Å². The second-order valence-corrected chi connectivity index (χ2v) is 13.8. The quantitative estimate of drug-likeness (QED) is 0.192. The van der Waals surface area contributed by atoms with Crippen molar-refractivity contribution in [2.75, 3.05) is 30.2 Å². The molecule has 214 valence electrons. The predicted molar refractivity (Wildman–Crippen MR) is 148 cm³/mol. The van der Waals surface area contributed by atoms with Crippen LogP contribution in [-0.4, -0.2) is 62.2 Å². The highest BCUT2D eigenvalue weighted by Crippen LogP contribution is 2.51. The topological polar surface area (TPSA) is 167 Å². The highest BCUT2D eigenvalue weighted by atomic mass is 35.5. The lowest BCUT2D eigenvalue weighted by molar-refractivity contribution is -0.662. The van der Waals surface area contributed by atoms with Crippen LogP contribution in [0.25, 0.3) is 17.2 Å². The molecule has 2 aliphatic rings. The Labute approximate surface area is 239 Å². The Morgan fingerprint density at radius 3 is 2.67 bits per heavy atom. The number of hydrogen-bond acceptors (Lipinski definition) is 10. The summed E-state index contributed by atoms with van der Waals surface area (Å²) < 4.78 is 73.7. The first-order valence-corrected chi connectivity index (χ1v) is 16.5. The van der Waals surface area contributed by atoms with Gasteiger partial charge in [-0.15, -0.1) is 0 Å². The summed E-state index contributed by atoms with van der Waals surface area (Å²) >= 11 is 7.61. The van der Waals surface area contributed by atoms with Gasteiger partial charge in [0.05, 0.1) is 33.6 Å². The molecule has 0 atom stereocenters. The summed E-state index contributed by atoms with van der Waals surface area (Å²) in [7, 11) is -8.22. The van der Waals surface area contributed by atoms with Crippen molar-refractivity contribution in [2.45, 2.75) is 24.4 Å². The number of H-pyrrole nitrogens is 1. The van der Waals surface area contributed by atoms with E-state index in [1.807, 2.05) is 20.3 Å². The molecule has 0 spiro atoms. The van der Waals surface area contributed by atoms with Crippen molar-refractivity contribution < 1.29 is 40.2 Å². The van der Waals surface area contributed by atoms with Gasteiger partial charge in [0.1, 0.15) is 0 Å². The van der Waals surface area contributed by atoms with Crippen LogP contribution in [0.4, 0.5) is 5.69 Å². The van der Waals surface area contributed by atoms with E-state index in [-0.39, 0.29) is 26.3 Å². The number of aromatic nitrogens is 3. The van der Waals surface area contributed by atoms with Crippen LogP contribution in [0.15, 0.2) is 40.8 Å². The van der Waals surface area contributed by atoms with Gasteiger partial charge < -0.3 is 18.9 Å². The van der Waals surface area contributed by atoms with Gasteiger partial charge in [0.15, 0.2) is 28.7 Å². The maximum Gasteiger partial charge on any atom is 0.268 e. The zero-order valence-electron chi connectivity index (χ0n) is 21.0. The van der Waals surface area contributed by atoms with Crippen LogP contribution in [0, 0.1) is 0 Å².